The first kappa shape index (κ1) is 23.5. The summed E-state index contributed by atoms with van der Waals surface area (Å²) in [5.41, 5.74) is 1.82. The number of esters is 1. The molecule has 0 radical (unpaired) electrons. The summed E-state index contributed by atoms with van der Waals surface area (Å²) in [4.78, 5) is 40.8. The molecule has 1 atom stereocenters. The second-order valence-corrected chi connectivity index (χ2v) is 8.91. The zero-order chi connectivity index (χ0) is 23.6. The lowest BCUT2D eigenvalue weighted by molar-refractivity contribution is -0.126. The van der Waals surface area contributed by atoms with Crippen molar-refractivity contribution in [2.75, 3.05) is 18.1 Å². The molecule has 1 aromatic heterocycles. The number of hydrogen-bond donors (Lipinski definition) is 1. The largest absolute Gasteiger partial charge is 0.461 e. The molecule has 0 saturated heterocycles. The van der Waals surface area contributed by atoms with Crippen LogP contribution in [-0.2, 0) is 16.1 Å². The van der Waals surface area contributed by atoms with Crippen LogP contribution in [0.4, 0.5) is 5.69 Å². The number of carbonyl (C=O) groups is 3. The van der Waals surface area contributed by atoms with Crippen molar-refractivity contribution < 1.29 is 19.1 Å². The van der Waals surface area contributed by atoms with Gasteiger partial charge in [0.2, 0.25) is 5.91 Å². The van der Waals surface area contributed by atoms with Crippen molar-refractivity contribution in [2.24, 2.45) is 5.92 Å². The fraction of sp³-hybridized carbons (Fsp3) is 0.500. The van der Waals surface area contributed by atoms with Gasteiger partial charge in [0, 0.05) is 18.3 Å². The van der Waals surface area contributed by atoms with Crippen molar-refractivity contribution in [3.63, 3.8) is 0 Å². The molecule has 2 amide bonds. The van der Waals surface area contributed by atoms with Crippen LogP contribution in [0.5, 0.6) is 0 Å². The van der Waals surface area contributed by atoms with E-state index in [4.69, 9.17) is 4.74 Å². The van der Waals surface area contributed by atoms with Gasteiger partial charge < -0.3 is 10.1 Å². The minimum atomic E-state index is -1.22. The van der Waals surface area contributed by atoms with Crippen LogP contribution in [0.2, 0.25) is 0 Å². The Morgan fingerprint density at radius 2 is 1.94 bits per heavy atom. The number of rotatable bonds is 7. The topological polar surface area (TPSA) is 93.5 Å². The minimum absolute atomic E-state index is 0.0553. The molecule has 1 aromatic carbocycles. The molecular formula is C24H32N4O4. The maximum absolute atomic E-state index is 13.6. The van der Waals surface area contributed by atoms with Gasteiger partial charge in [0.05, 0.1) is 13.2 Å². The molecule has 0 spiro atoms. The minimum Gasteiger partial charge on any atom is -0.461 e. The Kier molecular flexibility index (Phi) is 6.71. The van der Waals surface area contributed by atoms with E-state index in [9.17, 15) is 14.4 Å². The average Bonchev–Trinajstić information content (AvgIpc) is 3.14. The highest BCUT2D eigenvalue weighted by Crippen LogP contribution is 2.34. The lowest BCUT2D eigenvalue weighted by Gasteiger charge is -2.43. The molecule has 1 unspecified atom stereocenters. The van der Waals surface area contributed by atoms with E-state index < -0.39 is 11.5 Å². The predicted molar refractivity (Wildman–Crippen MR) is 122 cm³/mol. The second kappa shape index (κ2) is 9.14. The van der Waals surface area contributed by atoms with Crippen LogP contribution in [-0.4, -0.2) is 46.3 Å². The van der Waals surface area contributed by atoms with Gasteiger partial charge >= 0.3 is 5.97 Å². The first-order valence-corrected chi connectivity index (χ1v) is 11.0. The van der Waals surface area contributed by atoms with E-state index in [1.165, 1.54) is 15.6 Å². The van der Waals surface area contributed by atoms with Crippen LogP contribution in [0.25, 0.3) is 0 Å². The van der Waals surface area contributed by atoms with E-state index >= 15 is 0 Å². The van der Waals surface area contributed by atoms with Crippen molar-refractivity contribution >= 4 is 23.5 Å². The monoisotopic (exact) mass is 440 g/mol. The molecule has 0 saturated carbocycles. The Balaban J connectivity index is 2.06. The van der Waals surface area contributed by atoms with Gasteiger partial charge in [-0.2, -0.15) is 5.10 Å². The molecule has 8 nitrogen and oxygen atoms in total. The Labute approximate surface area is 188 Å². The maximum atomic E-state index is 13.6. The third-order valence-electron chi connectivity index (χ3n) is 5.88. The summed E-state index contributed by atoms with van der Waals surface area (Å²) in [6.45, 7) is 12.4. The van der Waals surface area contributed by atoms with Crippen molar-refractivity contribution in [3.05, 3.63) is 46.8 Å². The number of amides is 2. The van der Waals surface area contributed by atoms with Gasteiger partial charge in [-0.3, -0.25) is 19.2 Å². The molecular weight excluding hydrogens is 408 g/mol. The molecule has 3 rings (SSSR count). The average molecular weight is 441 g/mol. The van der Waals surface area contributed by atoms with Gasteiger partial charge in [0.1, 0.15) is 11.2 Å². The Morgan fingerprint density at radius 3 is 2.56 bits per heavy atom. The number of aryl methyl sites for hydroxylation is 2. The predicted octanol–water partition coefficient (Wildman–Crippen LogP) is 3.26. The summed E-state index contributed by atoms with van der Waals surface area (Å²) < 4.78 is 6.48. The highest BCUT2D eigenvalue weighted by molar-refractivity contribution is 6.12. The number of carbonyl (C=O) groups excluding carboxylic acids is 3. The summed E-state index contributed by atoms with van der Waals surface area (Å²) in [6.07, 6.45) is 0.833. The number of fused-ring (bicyclic) bond motifs is 1. The normalized spacial score (nSPS) is 18.0. The van der Waals surface area contributed by atoms with Gasteiger partial charge in [0.25, 0.3) is 5.91 Å². The van der Waals surface area contributed by atoms with Crippen molar-refractivity contribution in [3.8, 4) is 0 Å². The van der Waals surface area contributed by atoms with Crippen LogP contribution in [0.3, 0.4) is 0 Å². The first-order valence-electron chi connectivity index (χ1n) is 11.0. The highest BCUT2D eigenvalue weighted by atomic mass is 16.5. The molecule has 0 bridgehead atoms. The quantitative estimate of drug-likeness (QED) is 0.667. The maximum Gasteiger partial charge on any atom is 0.358 e. The summed E-state index contributed by atoms with van der Waals surface area (Å²) in [5, 5.41) is 7.27. The van der Waals surface area contributed by atoms with E-state index in [2.05, 4.69) is 24.3 Å². The van der Waals surface area contributed by atoms with E-state index in [1.54, 1.807) is 13.8 Å². The molecule has 8 heteroatoms. The standard InChI is InChI=1S/C24H32N4O4/c1-7-32-22(30)19-13-20-21(29)28(18-9-8-16(4)17(5)12-18)24(6,14-27(20)26-19)23(31)25-11-10-15(2)3/h8-9,12-13,15H,7,10-11,14H2,1-6H3,(H,25,31). The van der Waals surface area contributed by atoms with Crippen LogP contribution in [0.1, 0.15) is 66.2 Å². The number of nitrogens with one attached hydrogen (secondary N) is 1. The SMILES string of the molecule is CCOC(=O)c1cc2n(n1)CC(C)(C(=O)NCCC(C)C)N(c1ccc(C)c(C)c1)C2=O. The molecule has 172 valence electrons. The molecule has 1 aliphatic rings. The van der Waals surface area contributed by atoms with Crippen molar-refractivity contribution in [1.82, 2.24) is 15.1 Å². The van der Waals surface area contributed by atoms with E-state index in [0.29, 0.717) is 18.2 Å². The first-order chi connectivity index (χ1) is 15.1. The number of aromatic nitrogens is 2. The van der Waals surface area contributed by atoms with E-state index in [0.717, 1.165) is 17.5 Å². The zero-order valence-electron chi connectivity index (χ0n) is 19.7. The second-order valence-electron chi connectivity index (χ2n) is 8.91. The Bertz CT molecular complexity index is 1040. The van der Waals surface area contributed by atoms with Crippen molar-refractivity contribution in [1.29, 1.82) is 0 Å². The van der Waals surface area contributed by atoms with E-state index in [1.807, 2.05) is 32.0 Å². The number of anilines is 1. The Morgan fingerprint density at radius 1 is 1.22 bits per heavy atom. The molecule has 1 aliphatic heterocycles. The van der Waals surface area contributed by atoms with Gasteiger partial charge in [-0.25, -0.2) is 4.79 Å². The molecule has 2 heterocycles. The van der Waals surface area contributed by atoms with Gasteiger partial charge in [-0.15, -0.1) is 0 Å². The van der Waals surface area contributed by atoms with Crippen LogP contribution >= 0.6 is 0 Å². The number of ether oxygens (including phenoxy) is 1. The molecule has 2 aromatic rings. The van der Waals surface area contributed by atoms with Crippen LogP contribution < -0.4 is 10.2 Å². The zero-order valence-corrected chi connectivity index (χ0v) is 19.7. The lowest BCUT2D eigenvalue weighted by Crippen LogP contribution is -2.64. The number of benzene rings is 1. The van der Waals surface area contributed by atoms with Gasteiger partial charge in [0.15, 0.2) is 5.69 Å². The summed E-state index contributed by atoms with van der Waals surface area (Å²) in [5.74, 6) is -0.799. The third kappa shape index (κ3) is 4.40. The molecule has 32 heavy (non-hydrogen) atoms. The smallest absolute Gasteiger partial charge is 0.358 e. The van der Waals surface area contributed by atoms with Gasteiger partial charge in [-0.1, -0.05) is 19.9 Å². The van der Waals surface area contributed by atoms with E-state index in [-0.39, 0.29) is 36.4 Å². The fourth-order valence-corrected chi connectivity index (χ4v) is 3.82. The fourth-order valence-electron chi connectivity index (χ4n) is 3.82. The Hall–Kier alpha value is -3.16. The number of hydrogen-bond acceptors (Lipinski definition) is 5. The van der Waals surface area contributed by atoms with Crippen LogP contribution in [0.15, 0.2) is 24.3 Å². The number of nitrogens with zero attached hydrogens (tertiary/aromatic N) is 3. The molecule has 1 N–H and O–H groups in total. The molecule has 0 fully saturated rings. The summed E-state index contributed by atoms with van der Waals surface area (Å²) in [6, 6.07) is 7.12. The lowest BCUT2D eigenvalue weighted by atomic mass is 9.93. The van der Waals surface area contributed by atoms with Gasteiger partial charge in [-0.05, 0) is 63.3 Å². The third-order valence-corrected chi connectivity index (χ3v) is 5.88. The van der Waals surface area contributed by atoms with Crippen LogP contribution in [0, 0.1) is 19.8 Å². The summed E-state index contributed by atoms with van der Waals surface area (Å²) >= 11 is 0. The molecule has 0 aliphatic carbocycles. The van der Waals surface area contributed by atoms with Crippen molar-refractivity contribution in [2.45, 2.75) is 60.0 Å². The summed E-state index contributed by atoms with van der Waals surface area (Å²) in [7, 11) is 0. The highest BCUT2D eigenvalue weighted by Gasteiger charge is 2.49.